The Kier molecular flexibility index (Phi) is 3.41. The fourth-order valence-corrected chi connectivity index (χ4v) is 1.57. The Morgan fingerprint density at radius 2 is 1.78 bits per heavy atom. The van der Waals surface area contributed by atoms with Crippen molar-refractivity contribution in [1.29, 1.82) is 0 Å². The molecule has 2 aromatic rings. The molecule has 0 bridgehead atoms. The highest BCUT2D eigenvalue weighted by atomic mass is 19.2. The van der Waals surface area contributed by atoms with Crippen LogP contribution in [0, 0.1) is 17.5 Å². The molecule has 0 heterocycles. The van der Waals surface area contributed by atoms with Gasteiger partial charge < -0.3 is 11.1 Å². The molecule has 0 radical (unpaired) electrons. The van der Waals surface area contributed by atoms with Gasteiger partial charge in [-0.1, -0.05) is 18.2 Å². The lowest BCUT2D eigenvalue weighted by atomic mass is 10.2. The van der Waals surface area contributed by atoms with Gasteiger partial charge in [0.25, 0.3) is 0 Å². The molecule has 0 aromatic heterocycles. The molecule has 0 amide bonds. The van der Waals surface area contributed by atoms with Gasteiger partial charge in [0.15, 0.2) is 11.6 Å². The first-order valence-corrected chi connectivity index (χ1v) is 5.29. The van der Waals surface area contributed by atoms with Gasteiger partial charge >= 0.3 is 0 Å². The predicted octanol–water partition coefficient (Wildman–Crippen LogP) is 3.30. The molecule has 0 unspecified atom stereocenters. The summed E-state index contributed by atoms with van der Waals surface area (Å²) in [5.74, 6) is -3.16. The Hall–Kier alpha value is -2.17. The first-order chi connectivity index (χ1) is 8.58. The van der Waals surface area contributed by atoms with E-state index in [9.17, 15) is 13.2 Å². The minimum absolute atomic E-state index is 0.187. The van der Waals surface area contributed by atoms with Gasteiger partial charge in [-0.15, -0.1) is 0 Å². The van der Waals surface area contributed by atoms with E-state index >= 15 is 0 Å². The molecule has 0 aliphatic heterocycles. The summed E-state index contributed by atoms with van der Waals surface area (Å²) in [6.07, 6.45) is 0. The average molecular weight is 252 g/mol. The van der Waals surface area contributed by atoms with Crippen LogP contribution < -0.4 is 11.1 Å². The maximum absolute atomic E-state index is 13.3. The number of nitrogens with one attached hydrogen (secondary N) is 1. The van der Waals surface area contributed by atoms with Gasteiger partial charge in [0.1, 0.15) is 5.82 Å². The average Bonchev–Trinajstić information content (AvgIpc) is 2.33. The highest BCUT2D eigenvalue weighted by Gasteiger charge is 2.10. The second-order valence-electron chi connectivity index (χ2n) is 3.80. The van der Waals surface area contributed by atoms with Crippen LogP contribution in [0.25, 0.3) is 0 Å². The zero-order valence-corrected chi connectivity index (χ0v) is 9.38. The second kappa shape index (κ2) is 5.00. The number of para-hydroxylation sites is 1. The predicted molar refractivity (Wildman–Crippen MR) is 64.5 cm³/mol. The van der Waals surface area contributed by atoms with Crippen molar-refractivity contribution in [3.05, 3.63) is 59.4 Å². The van der Waals surface area contributed by atoms with Crippen molar-refractivity contribution in [1.82, 2.24) is 0 Å². The number of hydrogen-bond donors (Lipinski definition) is 2. The lowest BCUT2D eigenvalue weighted by Crippen LogP contribution is -2.05. The fourth-order valence-electron chi connectivity index (χ4n) is 1.57. The SMILES string of the molecule is Nc1ccccc1CNc1cc(F)cc(F)c1F. The lowest BCUT2D eigenvalue weighted by molar-refractivity contribution is 0.497. The Balaban J connectivity index is 2.18. The highest BCUT2D eigenvalue weighted by Crippen LogP contribution is 2.20. The molecule has 0 spiro atoms. The maximum atomic E-state index is 13.3. The number of nitrogen functional groups attached to an aromatic ring is 1. The Morgan fingerprint density at radius 1 is 1.06 bits per heavy atom. The molecule has 0 aliphatic carbocycles. The molecule has 0 saturated heterocycles. The summed E-state index contributed by atoms with van der Waals surface area (Å²) in [5.41, 5.74) is 6.73. The summed E-state index contributed by atoms with van der Waals surface area (Å²) in [6, 6.07) is 8.38. The molecule has 2 aromatic carbocycles. The third-order valence-corrected chi connectivity index (χ3v) is 2.52. The van der Waals surface area contributed by atoms with Crippen molar-refractivity contribution in [2.45, 2.75) is 6.54 Å². The van der Waals surface area contributed by atoms with Gasteiger partial charge in [-0.25, -0.2) is 13.2 Å². The van der Waals surface area contributed by atoms with Crippen LogP contribution in [-0.4, -0.2) is 0 Å². The van der Waals surface area contributed by atoms with E-state index in [-0.39, 0.29) is 12.2 Å². The Morgan fingerprint density at radius 3 is 2.50 bits per heavy atom. The van der Waals surface area contributed by atoms with Crippen LogP contribution in [0.15, 0.2) is 36.4 Å². The quantitative estimate of drug-likeness (QED) is 0.649. The topological polar surface area (TPSA) is 38.0 Å². The summed E-state index contributed by atoms with van der Waals surface area (Å²) in [5, 5.41) is 2.62. The number of anilines is 2. The standard InChI is InChI=1S/C13H11F3N2/c14-9-5-10(15)13(16)12(6-9)18-7-8-3-1-2-4-11(8)17/h1-6,18H,7,17H2. The van der Waals surface area contributed by atoms with E-state index < -0.39 is 17.5 Å². The summed E-state index contributed by atoms with van der Waals surface area (Å²) < 4.78 is 39.3. The zero-order valence-electron chi connectivity index (χ0n) is 9.38. The highest BCUT2D eigenvalue weighted by molar-refractivity contribution is 5.51. The number of benzene rings is 2. The van der Waals surface area contributed by atoms with E-state index in [1.165, 1.54) is 0 Å². The first kappa shape index (κ1) is 12.3. The minimum atomic E-state index is -1.22. The van der Waals surface area contributed by atoms with Crippen LogP contribution in [0.1, 0.15) is 5.56 Å². The van der Waals surface area contributed by atoms with Gasteiger partial charge in [-0.05, 0) is 11.6 Å². The van der Waals surface area contributed by atoms with Crippen LogP contribution in [0.2, 0.25) is 0 Å². The van der Waals surface area contributed by atoms with E-state index in [2.05, 4.69) is 5.32 Å². The molecule has 2 rings (SSSR count). The van der Waals surface area contributed by atoms with Gasteiger partial charge in [0.2, 0.25) is 0 Å². The number of hydrogen-bond acceptors (Lipinski definition) is 2. The van der Waals surface area contributed by atoms with E-state index in [0.29, 0.717) is 11.8 Å². The van der Waals surface area contributed by atoms with Crippen molar-refractivity contribution >= 4 is 11.4 Å². The third-order valence-electron chi connectivity index (χ3n) is 2.52. The fraction of sp³-hybridized carbons (Fsp3) is 0.0769. The van der Waals surface area contributed by atoms with Crippen molar-refractivity contribution in [3.8, 4) is 0 Å². The molecular weight excluding hydrogens is 241 g/mol. The maximum Gasteiger partial charge on any atom is 0.182 e. The number of rotatable bonds is 3. The summed E-state index contributed by atoms with van der Waals surface area (Å²) in [6.45, 7) is 0.187. The van der Waals surface area contributed by atoms with E-state index in [1.807, 2.05) is 0 Å². The van der Waals surface area contributed by atoms with Gasteiger partial charge in [-0.2, -0.15) is 0 Å². The van der Waals surface area contributed by atoms with Crippen molar-refractivity contribution < 1.29 is 13.2 Å². The monoisotopic (exact) mass is 252 g/mol. The number of halogens is 3. The smallest absolute Gasteiger partial charge is 0.182 e. The summed E-state index contributed by atoms with van der Waals surface area (Å²) in [7, 11) is 0. The van der Waals surface area contributed by atoms with Crippen LogP contribution in [0.5, 0.6) is 0 Å². The number of nitrogens with two attached hydrogens (primary N) is 1. The van der Waals surface area contributed by atoms with E-state index in [1.54, 1.807) is 24.3 Å². The molecule has 18 heavy (non-hydrogen) atoms. The summed E-state index contributed by atoms with van der Waals surface area (Å²) in [4.78, 5) is 0. The molecule has 94 valence electrons. The largest absolute Gasteiger partial charge is 0.398 e. The molecule has 5 heteroatoms. The van der Waals surface area contributed by atoms with Gasteiger partial charge in [0, 0.05) is 24.4 Å². The van der Waals surface area contributed by atoms with Crippen molar-refractivity contribution in [2.24, 2.45) is 0 Å². The van der Waals surface area contributed by atoms with Crippen molar-refractivity contribution in [2.75, 3.05) is 11.1 Å². The first-order valence-electron chi connectivity index (χ1n) is 5.29. The Labute approximate surface area is 102 Å². The van der Waals surface area contributed by atoms with Crippen LogP contribution in [0.4, 0.5) is 24.5 Å². The van der Waals surface area contributed by atoms with Gasteiger partial charge in [-0.3, -0.25) is 0 Å². The van der Waals surface area contributed by atoms with E-state index in [4.69, 9.17) is 5.73 Å². The normalized spacial score (nSPS) is 10.4. The molecular formula is C13H11F3N2. The minimum Gasteiger partial charge on any atom is -0.398 e. The molecule has 0 saturated carbocycles. The molecule has 2 nitrogen and oxygen atoms in total. The van der Waals surface area contributed by atoms with Crippen LogP contribution in [0.3, 0.4) is 0 Å². The van der Waals surface area contributed by atoms with Crippen LogP contribution in [-0.2, 0) is 6.54 Å². The van der Waals surface area contributed by atoms with E-state index in [0.717, 1.165) is 11.6 Å². The molecule has 0 fully saturated rings. The molecule has 3 N–H and O–H groups in total. The van der Waals surface area contributed by atoms with Crippen molar-refractivity contribution in [3.63, 3.8) is 0 Å². The third kappa shape index (κ3) is 2.56. The lowest BCUT2D eigenvalue weighted by Gasteiger charge is -2.10. The zero-order chi connectivity index (χ0) is 13.1. The Bertz CT molecular complexity index is 570. The second-order valence-corrected chi connectivity index (χ2v) is 3.80. The van der Waals surface area contributed by atoms with Crippen LogP contribution >= 0.6 is 0 Å². The molecule has 0 aliphatic rings. The summed E-state index contributed by atoms with van der Waals surface area (Å²) >= 11 is 0. The molecule has 0 atom stereocenters. The van der Waals surface area contributed by atoms with Gasteiger partial charge in [0.05, 0.1) is 5.69 Å².